The molecule has 0 spiro atoms. The fourth-order valence-corrected chi connectivity index (χ4v) is 6.70. The molecule has 0 radical (unpaired) electrons. The highest BCUT2D eigenvalue weighted by atomic mass is 35.5. The maximum absolute atomic E-state index is 13.9. The lowest BCUT2D eigenvalue weighted by molar-refractivity contribution is 0.0935. The first kappa shape index (κ1) is 35.2. The van der Waals surface area contributed by atoms with Gasteiger partial charge in [0.1, 0.15) is 17.3 Å². The molecule has 8 heteroatoms. The van der Waals surface area contributed by atoms with Gasteiger partial charge in [0.05, 0.1) is 41.4 Å². The number of furan rings is 1. The number of nitriles is 1. The predicted molar refractivity (Wildman–Crippen MR) is 192 cm³/mol. The molecule has 4 aromatic rings. The molecule has 1 aromatic heterocycles. The van der Waals surface area contributed by atoms with E-state index in [4.69, 9.17) is 20.8 Å². The molecule has 252 valence electrons. The van der Waals surface area contributed by atoms with Crippen LogP contribution in [-0.4, -0.2) is 31.6 Å². The van der Waals surface area contributed by atoms with Crippen molar-refractivity contribution in [3.05, 3.63) is 111 Å². The number of amides is 1. The van der Waals surface area contributed by atoms with Gasteiger partial charge in [0.2, 0.25) is 0 Å². The van der Waals surface area contributed by atoms with Crippen molar-refractivity contribution in [2.45, 2.75) is 84.0 Å². The third kappa shape index (κ3) is 9.29. The molecule has 0 bridgehead atoms. The van der Waals surface area contributed by atoms with Crippen molar-refractivity contribution in [3.63, 3.8) is 0 Å². The number of halogens is 1. The predicted octanol–water partition coefficient (Wildman–Crippen LogP) is 8.54. The van der Waals surface area contributed by atoms with Crippen LogP contribution in [0.3, 0.4) is 0 Å². The SMILES string of the molecule is CCC1CCC(NCC(Cc2ccc(C#N)cc2)NC(=O)c2cc(-c3ccc(CNC(C)c4ccc(C)cc4)o3)c(OC)cc2Cl)CC1. The summed E-state index contributed by atoms with van der Waals surface area (Å²) < 4.78 is 11.9. The average Bonchev–Trinajstić information content (AvgIpc) is 3.59. The molecule has 1 saturated carbocycles. The number of benzene rings is 3. The van der Waals surface area contributed by atoms with Gasteiger partial charge in [0.15, 0.2) is 0 Å². The van der Waals surface area contributed by atoms with E-state index in [0.717, 1.165) is 30.1 Å². The Morgan fingerprint density at radius 1 is 1.04 bits per heavy atom. The Morgan fingerprint density at radius 2 is 1.77 bits per heavy atom. The number of carbonyl (C=O) groups excluding carboxylic acids is 1. The van der Waals surface area contributed by atoms with Crippen LogP contribution in [-0.2, 0) is 13.0 Å². The van der Waals surface area contributed by atoms with Gasteiger partial charge in [-0.05, 0) is 93.3 Å². The molecule has 3 aromatic carbocycles. The second-order valence-corrected chi connectivity index (χ2v) is 13.4. The fourth-order valence-electron chi connectivity index (χ4n) is 6.46. The molecule has 2 atom stereocenters. The Balaban J connectivity index is 1.30. The summed E-state index contributed by atoms with van der Waals surface area (Å²) in [7, 11) is 1.58. The van der Waals surface area contributed by atoms with Crippen LogP contribution in [0.4, 0.5) is 0 Å². The minimum atomic E-state index is -0.264. The zero-order valence-electron chi connectivity index (χ0n) is 28.4. The van der Waals surface area contributed by atoms with Crippen molar-refractivity contribution in [1.82, 2.24) is 16.0 Å². The Bertz CT molecular complexity index is 1690. The highest BCUT2D eigenvalue weighted by molar-refractivity contribution is 6.34. The maximum atomic E-state index is 13.9. The molecular formula is C40H47ClN4O3. The summed E-state index contributed by atoms with van der Waals surface area (Å²) in [6.07, 6.45) is 6.62. The Labute approximate surface area is 290 Å². The summed E-state index contributed by atoms with van der Waals surface area (Å²) >= 11 is 6.70. The third-order valence-corrected chi connectivity index (χ3v) is 9.91. The van der Waals surface area contributed by atoms with Gasteiger partial charge in [-0.15, -0.1) is 0 Å². The lowest BCUT2D eigenvalue weighted by Gasteiger charge is -2.30. The van der Waals surface area contributed by atoms with Crippen LogP contribution >= 0.6 is 11.6 Å². The molecule has 1 fully saturated rings. The number of rotatable bonds is 14. The first-order valence-electron chi connectivity index (χ1n) is 17.1. The summed E-state index contributed by atoms with van der Waals surface area (Å²) in [5, 5.41) is 20.0. The molecule has 0 aliphatic heterocycles. The summed E-state index contributed by atoms with van der Waals surface area (Å²) in [6, 6.07) is 25.9. The van der Waals surface area contributed by atoms with Gasteiger partial charge < -0.3 is 25.1 Å². The lowest BCUT2D eigenvalue weighted by atomic mass is 9.84. The summed E-state index contributed by atoms with van der Waals surface area (Å²) in [6.45, 7) is 7.65. The minimum absolute atomic E-state index is 0.151. The van der Waals surface area contributed by atoms with E-state index in [9.17, 15) is 10.1 Å². The second-order valence-electron chi connectivity index (χ2n) is 13.0. The van der Waals surface area contributed by atoms with Crippen LogP contribution in [0.2, 0.25) is 5.02 Å². The summed E-state index contributed by atoms with van der Waals surface area (Å²) in [5.74, 6) is 2.44. The van der Waals surface area contributed by atoms with E-state index in [2.05, 4.69) is 67.1 Å². The monoisotopic (exact) mass is 666 g/mol. The number of methoxy groups -OCH3 is 1. The number of carbonyl (C=O) groups is 1. The topological polar surface area (TPSA) is 99.3 Å². The van der Waals surface area contributed by atoms with Crippen LogP contribution in [0, 0.1) is 24.2 Å². The van der Waals surface area contributed by atoms with Crippen molar-refractivity contribution in [1.29, 1.82) is 5.26 Å². The largest absolute Gasteiger partial charge is 0.496 e. The number of nitrogens with one attached hydrogen (secondary N) is 3. The van der Waals surface area contributed by atoms with E-state index in [1.165, 1.54) is 30.4 Å². The van der Waals surface area contributed by atoms with Crippen LogP contribution in [0.1, 0.15) is 90.4 Å². The first-order valence-corrected chi connectivity index (χ1v) is 17.4. The van der Waals surface area contributed by atoms with Crippen molar-refractivity contribution in [3.8, 4) is 23.1 Å². The summed E-state index contributed by atoms with van der Waals surface area (Å²) in [4.78, 5) is 13.9. The molecule has 1 heterocycles. The van der Waals surface area contributed by atoms with Crippen LogP contribution in [0.5, 0.6) is 5.75 Å². The van der Waals surface area contributed by atoms with Gasteiger partial charge in [-0.25, -0.2) is 0 Å². The van der Waals surface area contributed by atoms with E-state index in [0.29, 0.717) is 58.8 Å². The molecule has 2 unspecified atom stereocenters. The number of hydrogen-bond acceptors (Lipinski definition) is 6. The van der Waals surface area contributed by atoms with E-state index in [-0.39, 0.29) is 18.0 Å². The smallest absolute Gasteiger partial charge is 0.253 e. The molecule has 1 amide bonds. The van der Waals surface area contributed by atoms with Gasteiger partial charge >= 0.3 is 0 Å². The van der Waals surface area contributed by atoms with Crippen molar-refractivity contribution in [2.24, 2.45) is 5.92 Å². The molecule has 0 saturated heterocycles. The lowest BCUT2D eigenvalue weighted by Crippen LogP contribution is -2.46. The molecular weight excluding hydrogens is 620 g/mol. The highest BCUT2D eigenvalue weighted by Crippen LogP contribution is 2.36. The Hall–Kier alpha value is -4.09. The van der Waals surface area contributed by atoms with Crippen LogP contribution in [0.15, 0.2) is 77.2 Å². The minimum Gasteiger partial charge on any atom is -0.496 e. The number of nitrogens with zero attached hydrogens (tertiary/aromatic N) is 1. The molecule has 1 aliphatic rings. The van der Waals surface area contributed by atoms with Gasteiger partial charge in [-0.3, -0.25) is 4.79 Å². The van der Waals surface area contributed by atoms with Crippen molar-refractivity contribution >= 4 is 17.5 Å². The maximum Gasteiger partial charge on any atom is 0.253 e. The Kier molecular flexibility index (Phi) is 12.4. The third-order valence-electron chi connectivity index (χ3n) is 9.60. The van der Waals surface area contributed by atoms with E-state index < -0.39 is 0 Å². The van der Waals surface area contributed by atoms with Gasteiger partial charge in [0.25, 0.3) is 5.91 Å². The highest BCUT2D eigenvalue weighted by Gasteiger charge is 2.24. The zero-order valence-corrected chi connectivity index (χ0v) is 29.2. The Morgan fingerprint density at radius 3 is 2.44 bits per heavy atom. The quantitative estimate of drug-likeness (QED) is 0.125. The van der Waals surface area contributed by atoms with Crippen LogP contribution in [0.25, 0.3) is 11.3 Å². The zero-order chi connectivity index (χ0) is 34.0. The standard InChI is InChI=1S/C40H47ClN4O3/c1-5-28-12-16-32(17-13-28)44-24-33(20-29-8-10-30(23-42)11-9-29)45-40(46)35-21-36(39(47-4)22-37(35)41)38-19-18-34(48-38)25-43-27(3)31-14-6-26(2)7-15-31/h6-11,14-15,18-19,21-22,27-28,32-33,43-44H,5,12-13,16-17,20,24-25H2,1-4H3,(H,45,46). The van der Waals surface area contributed by atoms with Gasteiger partial charge in [-0.2, -0.15) is 5.26 Å². The number of hydrogen-bond donors (Lipinski definition) is 3. The van der Waals surface area contributed by atoms with E-state index >= 15 is 0 Å². The van der Waals surface area contributed by atoms with Crippen molar-refractivity contribution < 1.29 is 13.9 Å². The van der Waals surface area contributed by atoms with Crippen LogP contribution < -0.4 is 20.7 Å². The first-order chi connectivity index (χ1) is 23.3. The second kappa shape index (κ2) is 16.8. The van der Waals surface area contributed by atoms with Gasteiger partial charge in [-0.1, -0.05) is 66.9 Å². The normalized spacial score (nSPS) is 17.3. The van der Waals surface area contributed by atoms with E-state index in [1.807, 2.05) is 36.4 Å². The summed E-state index contributed by atoms with van der Waals surface area (Å²) in [5.41, 5.74) is 5.10. The van der Waals surface area contributed by atoms with E-state index in [1.54, 1.807) is 19.2 Å². The molecule has 48 heavy (non-hydrogen) atoms. The fraction of sp³-hybridized carbons (Fsp3) is 0.400. The number of aryl methyl sites for hydroxylation is 1. The molecule has 1 aliphatic carbocycles. The number of ether oxygens (including phenoxy) is 1. The average molecular weight is 667 g/mol. The molecule has 3 N–H and O–H groups in total. The van der Waals surface area contributed by atoms with Gasteiger partial charge in [0, 0.05) is 30.7 Å². The molecule has 5 rings (SSSR count). The molecule has 7 nitrogen and oxygen atoms in total. The van der Waals surface area contributed by atoms with Crippen molar-refractivity contribution in [2.75, 3.05) is 13.7 Å².